The minimum Gasteiger partial charge on any atom is -0.405 e. The van der Waals surface area contributed by atoms with E-state index in [-0.39, 0.29) is 29.3 Å². The summed E-state index contributed by atoms with van der Waals surface area (Å²) in [6.45, 7) is -0.625. The lowest BCUT2D eigenvalue weighted by Gasteiger charge is -2.26. The zero-order valence-corrected chi connectivity index (χ0v) is 23.9. The summed E-state index contributed by atoms with van der Waals surface area (Å²) in [5.74, 6) is 6.95. The number of hydrazine groups is 1. The SMILES string of the molecule is NC(N)=NC(=O)c1ccc(CN(C(=O)Nc2ccc(OC(F)(F)F)c(CO)c2)c2ccc(C3CCCCC3)cc2)cc1.NN. The lowest BCUT2D eigenvalue weighted by Crippen LogP contribution is -2.34. The summed E-state index contributed by atoms with van der Waals surface area (Å²) in [6.07, 6.45) is 0.917. The average Bonchev–Trinajstić information content (AvgIpc) is 3.01. The van der Waals surface area contributed by atoms with E-state index in [0.29, 0.717) is 17.2 Å². The maximum Gasteiger partial charge on any atom is 0.573 e. The third kappa shape index (κ3) is 9.69. The van der Waals surface area contributed by atoms with Crippen LogP contribution in [0.5, 0.6) is 5.75 Å². The Hall–Kier alpha value is -4.66. The molecule has 0 aromatic heterocycles. The minimum absolute atomic E-state index is 0.105. The summed E-state index contributed by atoms with van der Waals surface area (Å²) < 4.78 is 42.1. The Labute approximate surface area is 252 Å². The Bertz CT molecular complexity index is 1420. The van der Waals surface area contributed by atoms with Crippen molar-refractivity contribution in [2.45, 2.75) is 57.5 Å². The first-order valence-electron chi connectivity index (χ1n) is 13.8. The molecular weight excluding hydrogens is 579 g/mol. The lowest BCUT2D eigenvalue weighted by molar-refractivity contribution is -0.275. The van der Waals surface area contributed by atoms with Crippen LogP contribution in [0, 0.1) is 0 Å². The Morgan fingerprint density at radius 1 is 0.955 bits per heavy atom. The summed E-state index contributed by atoms with van der Waals surface area (Å²) >= 11 is 0. The van der Waals surface area contributed by atoms with Gasteiger partial charge in [-0.1, -0.05) is 43.5 Å². The quantitative estimate of drug-likeness (QED) is 0.0915. The topological polar surface area (TPSA) is 195 Å². The molecule has 236 valence electrons. The number of carbonyl (C=O) groups is 2. The van der Waals surface area contributed by atoms with Crippen LogP contribution < -0.4 is 38.1 Å². The van der Waals surface area contributed by atoms with Crippen LogP contribution >= 0.6 is 0 Å². The van der Waals surface area contributed by atoms with E-state index >= 15 is 0 Å². The number of urea groups is 1. The van der Waals surface area contributed by atoms with Gasteiger partial charge < -0.3 is 26.6 Å². The second kappa shape index (κ2) is 15.7. The molecule has 0 unspecified atom stereocenters. The molecule has 0 bridgehead atoms. The molecule has 1 fully saturated rings. The predicted molar refractivity (Wildman–Crippen MR) is 161 cm³/mol. The number of hydrogen-bond acceptors (Lipinski definition) is 6. The number of halogens is 3. The second-order valence-electron chi connectivity index (χ2n) is 10.0. The third-order valence-electron chi connectivity index (χ3n) is 7.01. The Balaban J connectivity index is 0.00000259. The van der Waals surface area contributed by atoms with Gasteiger partial charge in [-0.05, 0) is 72.4 Å². The molecule has 0 heterocycles. The molecule has 0 aliphatic heterocycles. The number of rotatable bonds is 8. The van der Waals surface area contributed by atoms with Crippen molar-refractivity contribution in [2.24, 2.45) is 28.1 Å². The highest BCUT2D eigenvalue weighted by Gasteiger charge is 2.32. The van der Waals surface area contributed by atoms with Gasteiger partial charge in [0.05, 0.1) is 13.2 Å². The van der Waals surface area contributed by atoms with Crippen molar-refractivity contribution in [3.63, 3.8) is 0 Å². The summed E-state index contributed by atoms with van der Waals surface area (Å²) in [7, 11) is 0. The Morgan fingerprint density at radius 3 is 2.16 bits per heavy atom. The van der Waals surface area contributed by atoms with Gasteiger partial charge in [0.1, 0.15) is 5.75 Å². The number of aliphatic imine (C=N–C) groups is 1. The van der Waals surface area contributed by atoms with Crippen molar-refractivity contribution in [2.75, 3.05) is 10.2 Å². The van der Waals surface area contributed by atoms with Crippen LogP contribution in [0.25, 0.3) is 0 Å². The highest BCUT2D eigenvalue weighted by molar-refractivity contribution is 6.02. The van der Waals surface area contributed by atoms with Crippen molar-refractivity contribution in [1.82, 2.24) is 0 Å². The number of aliphatic hydroxyl groups is 1. The number of nitrogens with two attached hydrogens (primary N) is 4. The van der Waals surface area contributed by atoms with Crippen molar-refractivity contribution in [1.29, 1.82) is 0 Å². The first-order chi connectivity index (χ1) is 21.0. The standard InChI is InChI=1S/C30H32F3N5O4.H4N2/c31-30(32,33)42-26-15-12-24(16-23(26)18-39)36-29(41)38(17-19-6-8-22(9-7-19)27(40)37-28(34)35)25-13-10-21(11-14-25)20-4-2-1-3-5-20;1-2/h6-16,20,39H,1-5,17-18H2,(H,36,41)(H4,34,35,37,40);1-2H2. The fourth-order valence-electron chi connectivity index (χ4n) is 4.96. The van der Waals surface area contributed by atoms with Gasteiger partial charge in [0.15, 0.2) is 5.96 Å². The molecule has 14 heteroatoms. The average molecular weight is 616 g/mol. The summed E-state index contributed by atoms with van der Waals surface area (Å²) in [5.41, 5.74) is 13.3. The van der Waals surface area contributed by atoms with E-state index in [4.69, 9.17) is 11.5 Å². The predicted octanol–water partition coefficient (Wildman–Crippen LogP) is 4.60. The molecule has 0 saturated heterocycles. The molecule has 10 N–H and O–H groups in total. The van der Waals surface area contributed by atoms with Crippen LogP contribution in [0.1, 0.15) is 65.1 Å². The van der Waals surface area contributed by atoms with Gasteiger partial charge in [0.2, 0.25) is 0 Å². The first-order valence-corrected chi connectivity index (χ1v) is 13.8. The molecule has 3 amide bonds. The lowest BCUT2D eigenvalue weighted by atomic mass is 9.84. The fourth-order valence-corrected chi connectivity index (χ4v) is 4.96. The summed E-state index contributed by atoms with van der Waals surface area (Å²) in [6, 6.07) is 17.1. The molecule has 1 aliphatic carbocycles. The molecule has 3 aromatic rings. The number of nitrogens with zero attached hydrogens (tertiary/aromatic N) is 2. The summed E-state index contributed by atoms with van der Waals surface area (Å²) in [5, 5.41) is 12.3. The van der Waals surface area contributed by atoms with Gasteiger partial charge in [-0.15, -0.1) is 13.2 Å². The number of alkyl halides is 3. The van der Waals surface area contributed by atoms with Crippen LogP contribution in [-0.4, -0.2) is 29.4 Å². The van der Waals surface area contributed by atoms with E-state index in [0.717, 1.165) is 18.9 Å². The minimum atomic E-state index is -4.93. The van der Waals surface area contributed by atoms with E-state index in [1.807, 2.05) is 24.3 Å². The highest BCUT2D eigenvalue weighted by Crippen LogP contribution is 2.34. The fraction of sp³-hybridized carbons (Fsp3) is 0.300. The smallest absolute Gasteiger partial charge is 0.405 e. The Morgan fingerprint density at radius 2 is 1.59 bits per heavy atom. The van der Waals surface area contributed by atoms with E-state index < -0.39 is 30.7 Å². The van der Waals surface area contributed by atoms with Crippen LogP contribution in [0.15, 0.2) is 71.7 Å². The maximum atomic E-state index is 13.6. The number of nitrogens with one attached hydrogen (secondary N) is 1. The molecule has 3 aromatic carbocycles. The van der Waals surface area contributed by atoms with Gasteiger partial charge in [0, 0.05) is 22.5 Å². The van der Waals surface area contributed by atoms with E-state index in [1.54, 1.807) is 24.3 Å². The summed E-state index contributed by atoms with van der Waals surface area (Å²) in [4.78, 5) is 30.7. The number of anilines is 2. The number of guanidine groups is 1. The highest BCUT2D eigenvalue weighted by atomic mass is 19.4. The molecule has 0 spiro atoms. The number of aliphatic hydroxyl groups excluding tert-OH is 1. The number of hydrogen-bond donors (Lipinski definition) is 6. The van der Waals surface area contributed by atoms with Crippen molar-refractivity contribution in [3.05, 3.63) is 89.0 Å². The zero-order chi connectivity index (χ0) is 32.3. The van der Waals surface area contributed by atoms with Gasteiger partial charge in [-0.2, -0.15) is 4.99 Å². The van der Waals surface area contributed by atoms with E-state index in [2.05, 4.69) is 26.7 Å². The molecule has 4 rings (SSSR count). The van der Waals surface area contributed by atoms with Crippen LogP contribution in [-0.2, 0) is 13.2 Å². The van der Waals surface area contributed by atoms with Gasteiger partial charge >= 0.3 is 12.4 Å². The molecule has 1 aliphatic rings. The monoisotopic (exact) mass is 615 g/mol. The number of ether oxygens (including phenoxy) is 1. The maximum absolute atomic E-state index is 13.6. The molecule has 11 nitrogen and oxygen atoms in total. The van der Waals surface area contributed by atoms with Crippen molar-refractivity contribution in [3.8, 4) is 5.75 Å². The van der Waals surface area contributed by atoms with Gasteiger partial charge in [0.25, 0.3) is 5.91 Å². The molecule has 1 saturated carbocycles. The molecule has 0 atom stereocenters. The van der Waals surface area contributed by atoms with Crippen LogP contribution in [0.3, 0.4) is 0 Å². The third-order valence-corrected chi connectivity index (χ3v) is 7.01. The first kappa shape index (κ1) is 33.8. The number of amides is 3. The Kier molecular flexibility index (Phi) is 12.1. The normalized spacial score (nSPS) is 13.2. The second-order valence-corrected chi connectivity index (χ2v) is 10.0. The molecule has 44 heavy (non-hydrogen) atoms. The van der Waals surface area contributed by atoms with E-state index in [9.17, 15) is 27.9 Å². The zero-order valence-electron chi connectivity index (χ0n) is 23.9. The molecule has 0 radical (unpaired) electrons. The molecular formula is C30H36F3N7O4. The van der Waals surface area contributed by atoms with Crippen molar-refractivity contribution < 1.29 is 32.6 Å². The van der Waals surface area contributed by atoms with Crippen LogP contribution in [0.2, 0.25) is 0 Å². The van der Waals surface area contributed by atoms with E-state index in [1.165, 1.54) is 41.9 Å². The largest absolute Gasteiger partial charge is 0.573 e. The van der Waals surface area contributed by atoms with Gasteiger partial charge in [-0.25, -0.2) is 4.79 Å². The number of benzene rings is 3. The van der Waals surface area contributed by atoms with Crippen molar-refractivity contribution >= 4 is 29.3 Å². The van der Waals surface area contributed by atoms with Crippen LogP contribution in [0.4, 0.5) is 29.3 Å². The number of carbonyl (C=O) groups excluding carboxylic acids is 2. The van der Waals surface area contributed by atoms with Gasteiger partial charge in [-0.3, -0.25) is 21.4 Å².